The second kappa shape index (κ2) is 4.39. The Morgan fingerprint density at radius 1 is 1.21 bits per heavy atom. The summed E-state index contributed by atoms with van der Waals surface area (Å²) in [5.74, 6) is 0.552. The van der Waals surface area contributed by atoms with Crippen LogP contribution in [0.4, 0.5) is 4.39 Å². The summed E-state index contributed by atoms with van der Waals surface area (Å²) in [4.78, 5) is 7.79. The number of benzene rings is 2. The second-order valence-corrected chi connectivity index (χ2v) is 4.41. The molecule has 1 heterocycles. The third-order valence-electron chi connectivity index (χ3n) is 3.14. The Labute approximate surface area is 110 Å². The molecule has 2 aromatic carbocycles. The van der Waals surface area contributed by atoms with Gasteiger partial charge in [-0.2, -0.15) is 0 Å². The van der Waals surface area contributed by atoms with Gasteiger partial charge in [0.15, 0.2) is 11.6 Å². The number of aromatic nitrogens is 2. The van der Waals surface area contributed by atoms with Crippen molar-refractivity contribution < 1.29 is 9.13 Å². The van der Waals surface area contributed by atoms with Crippen LogP contribution in [0.25, 0.3) is 22.4 Å². The zero-order valence-electron chi connectivity index (χ0n) is 10.7. The van der Waals surface area contributed by atoms with Gasteiger partial charge >= 0.3 is 0 Å². The maximum atomic E-state index is 13.4. The van der Waals surface area contributed by atoms with Crippen molar-refractivity contribution in [1.29, 1.82) is 0 Å². The molecule has 0 amide bonds. The zero-order chi connectivity index (χ0) is 13.4. The third-order valence-corrected chi connectivity index (χ3v) is 3.14. The first-order chi connectivity index (χ1) is 9.19. The highest BCUT2D eigenvalue weighted by molar-refractivity contribution is 5.82. The molecule has 1 N–H and O–H groups in total. The van der Waals surface area contributed by atoms with Gasteiger partial charge < -0.3 is 9.72 Å². The van der Waals surface area contributed by atoms with Crippen molar-refractivity contribution in [1.82, 2.24) is 9.97 Å². The predicted molar refractivity (Wildman–Crippen MR) is 72.8 cm³/mol. The predicted octanol–water partition coefficient (Wildman–Crippen LogP) is 3.69. The molecular weight excluding hydrogens is 243 g/mol. The minimum absolute atomic E-state index is 0.217. The monoisotopic (exact) mass is 256 g/mol. The van der Waals surface area contributed by atoms with Crippen LogP contribution in [0.15, 0.2) is 36.4 Å². The van der Waals surface area contributed by atoms with E-state index in [1.807, 2.05) is 25.1 Å². The normalized spacial score (nSPS) is 10.9. The molecule has 0 atom stereocenters. The first-order valence-electron chi connectivity index (χ1n) is 5.98. The molecule has 0 saturated carbocycles. The van der Waals surface area contributed by atoms with Gasteiger partial charge in [0.2, 0.25) is 0 Å². The summed E-state index contributed by atoms with van der Waals surface area (Å²) in [6.07, 6.45) is 0. The van der Waals surface area contributed by atoms with Crippen LogP contribution < -0.4 is 4.74 Å². The number of aryl methyl sites for hydroxylation is 1. The van der Waals surface area contributed by atoms with Crippen LogP contribution in [-0.4, -0.2) is 17.1 Å². The van der Waals surface area contributed by atoms with Crippen molar-refractivity contribution >= 4 is 11.0 Å². The standard InChI is InChI=1S/C15H13FN2O/c1-9-4-3-5-12-14(9)18-15(17-12)10-6-7-11(16)13(8-10)19-2/h3-8H,1-2H3,(H,17,18). The number of H-pyrrole nitrogens is 1. The highest BCUT2D eigenvalue weighted by Gasteiger charge is 2.10. The number of fused-ring (bicyclic) bond motifs is 1. The lowest BCUT2D eigenvalue weighted by Gasteiger charge is -2.03. The molecule has 0 bridgehead atoms. The van der Waals surface area contributed by atoms with Gasteiger partial charge in [0.05, 0.1) is 18.1 Å². The van der Waals surface area contributed by atoms with E-state index in [0.717, 1.165) is 22.2 Å². The van der Waals surface area contributed by atoms with Crippen LogP contribution in [-0.2, 0) is 0 Å². The summed E-state index contributed by atoms with van der Waals surface area (Å²) in [5, 5.41) is 0. The molecule has 96 valence electrons. The van der Waals surface area contributed by atoms with E-state index in [1.54, 1.807) is 12.1 Å². The Morgan fingerprint density at radius 3 is 2.79 bits per heavy atom. The number of para-hydroxylation sites is 1. The van der Waals surface area contributed by atoms with E-state index in [9.17, 15) is 4.39 Å². The first-order valence-corrected chi connectivity index (χ1v) is 5.98. The van der Waals surface area contributed by atoms with Gasteiger partial charge in [-0.25, -0.2) is 9.37 Å². The first kappa shape index (κ1) is 11.7. The molecule has 0 spiro atoms. The smallest absolute Gasteiger partial charge is 0.165 e. The fourth-order valence-electron chi connectivity index (χ4n) is 2.12. The second-order valence-electron chi connectivity index (χ2n) is 4.41. The lowest BCUT2D eigenvalue weighted by molar-refractivity contribution is 0.387. The molecule has 0 fully saturated rings. The van der Waals surface area contributed by atoms with Crippen LogP contribution in [0.1, 0.15) is 5.56 Å². The molecule has 1 aromatic heterocycles. The summed E-state index contributed by atoms with van der Waals surface area (Å²) in [6.45, 7) is 2.01. The van der Waals surface area contributed by atoms with Gasteiger partial charge in [0.25, 0.3) is 0 Å². The number of nitrogens with one attached hydrogen (secondary N) is 1. The van der Waals surface area contributed by atoms with E-state index < -0.39 is 0 Å². The van der Waals surface area contributed by atoms with E-state index in [-0.39, 0.29) is 11.6 Å². The van der Waals surface area contributed by atoms with Crippen LogP contribution in [0, 0.1) is 12.7 Å². The van der Waals surface area contributed by atoms with E-state index >= 15 is 0 Å². The number of nitrogens with zero attached hydrogens (tertiary/aromatic N) is 1. The summed E-state index contributed by atoms with van der Waals surface area (Å²) in [6, 6.07) is 10.7. The number of aromatic amines is 1. The fraction of sp³-hybridized carbons (Fsp3) is 0.133. The lowest BCUT2D eigenvalue weighted by Crippen LogP contribution is -1.89. The summed E-state index contributed by atoms with van der Waals surface area (Å²) in [5.41, 5.74) is 3.81. The Kier molecular flexibility index (Phi) is 2.71. The molecule has 0 unspecified atom stereocenters. The molecule has 0 aliphatic rings. The Balaban J connectivity index is 2.16. The number of imidazole rings is 1. The maximum absolute atomic E-state index is 13.4. The molecule has 3 rings (SSSR count). The number of hydrogen-bond donors (Lipinski definition) is 1. The Hall–Kier alpha value is -2.36. The molecule has 0 aliphatic carbocycles. The van der Waals surface area contributed by atoms with Gasteiger partial charge in [-0.3, -0.25) is 0 Å². The van der Waals surface area contributed by atoms with Crippen LogP contribution >= 0.6 is 0 Å². The van der Waals surface area contributed by atoms with Gasteiger partial charge in [-0.05, 0) is 36.8 Å². The molecule has 3 aromatic rings. The Bertz CT molecular complexity index is 749. The van der Waals surface area contributed by atoms with Crippen LogP contribution in [0.2, 0.25) is 0 Å². The number of halogens is 1. The summed E-state index contributed by atoms with van der Waals surface area (Å²) < 4.78 is 18.4. The molecule has 0 aliphatic heterocycles. The maximum Gasteiger partial charge on any atom is 0.165 e. The molecule has 19 heavy (non-hydrogen) atoms. The van der Waals surface area contributed by atoms with Gasteiger partial charge in [0, 0.05) is 5.56 Å². The molecular formula is C15H13FN2O. The van der Waals surface area contributed by atoms with E-state index in [2.05, 4.69) is 9.97 Å². The molecule has 0 saturated heterocycles. The van der Waals surface area contributed by atoms with Gasteiger partial charge in [-0.15, -0.1) is 0 Å². The average molecular weight is 256 g/mol. The lowest BCUT2D eigenvalue weighted by atomic mass is 10.2. The zero-order valence-corrected chi connectivity index (χ0v) is 10.7. The van der Waals surface area contributed by atoms with Crippen molar-refractivity contribution in [2.24, 2.45) is 0 Å². The topological polar surface area (TPSA) is 37.9 Å². The van der Waals surface area contributed by atoms with Gasteiger partial charge in [0.1, 0.15) is 5.82 Å². The van der Waals surface area contributed by atoms with Crippen molar-refractivity contribution in [3.05, 3.63) is 47.8 Å². The van der Waals surface area contributed by atoms with Gasteiger partial charge in [-0.1, -0.05) is 12.1 Å². The van der Waals surface area contributed by atoms with Crippen molar-refractivity contribution in [3.63, 3.8) is 0 Å². The highest BCUT2D eigenvalue weighted by Crippen LogP contribution is 2.27. The Morgan fingerprint density at radius 2 is 2.05 bits per heavy atom. The molecule has 3 nitrogen and oxygen atoms in total. The SMILES string of the molecule is COc1cc(-c2nc3c(C)cccc3[nH]2)ccc1F. The van der Waals surface area contributed by atoms with Crippen LogP contribution in [0.5, 0.6) is 5.75 Å². The minimum atomic E-state index is -0.376. The number of hydrogen-bond acceptors (Lipinski definition) is 2. The average Bonchev–Trinajstić information content (AvgIpc) is 2.85. The van der Waals surface area contributed by atoms with E-state index in [1.165, 1.54) is 13.2 Å². The number of ether oxygens (including phenoxy) is 1. The molecule has 0 radical (unpaired) electrons. The summed E-state index contributed by atoms with van der Waals surface area (Å²) in [7, 11) is 1.45. The van der Waals surface area contributed by atoms with Crippen molar-refractivity contribution in [3.8, 4) is 17.1 Å². The van der Waals surface area contributed by atoms with E-state index in [0.29, 0.717) is 5.82 Å². The number of rotatable bonds is 2. The fourth-order valence-corrected chi connectivity index (χ4v) is 2.12. The quantitative estimate of drug-likeness (QED) is 0.759. The minimum Gasteiger partial charge on any atom is -0.494 e. The highest BCUT2D eigenvalue weighted by atomic mass is 19.1. The van der Waals surface area contributed by atoms with E-state index in [4.69, 9.17) is 4.74 Å². The number of methoxy groups -OCH3 is 1. The largest absolute Gasteiger partial charge is 0.494 e. The third kappa shape index (κ3) is 1.95. The van der Waals surface area contributed by atoms with Crippen molar-refractivity contribution in [2.45, 2.75) is 6.92 Å². The summed E-state index contributed by atoms with van der Waals surface area (Å²) >= 11 is 0. The van der Waals surface area contributed by atoms with Crippen LogP contribution in [0.3, 0.4) is 0 Å². The van der Waals surface area contributed by atoms with Crippen molar-refractivity contribution in [2.75, 3.05) is 7.11 Å². The molecule has 4 heteroatoms.